The van der Waals surface area contributed by atoms with Crippen LogP contribution in [0.25, 0.3) is 0 Å². The van der Waals surface area contributed by atoms with Crippen LogP contribution in [0.3, 0.4) is 0 Å². The van der Waals surface area contributed by atoms with Gasteiger partial charge in [-0.15, -0.1) is 0 Å². The molecule has 18 atom stereocenters. The Labute approximate surface area is 270 Å². The molecule has 3 unspecified atom stereocenters. The van der Waals surface area contributed by atoms with Crippen LogP contribution in [-0.4, -0.2) is 106 Å². The topological polar surface area (TPSA) is 164 Å². The first kappa shape index (κ1) is 32.4. The standard InChI is InChI=1S/C34H50N2O10/c1-14-12-33(35-8)18(15(2)28-34(36(28)9)32(33,7)31(6,42)29(41)46-34)10-21(43-16(3)37)27(44-17(4)38)24-23(14)26(40)25(39)19-11-20-22(45-20)13-30(19,24)5/h14-15,18-24,26-28,35,40,42H,10-13H2,1-9H3/t14-,15-,18-,19+,20-,21+,22+,23?,24?,26+,27+,28+,30-,31+,32+,33-,34-,36?/m0/s1. The number of hydrogen-bond acceptors (Lipinski definition) is 12. The summed E-state index contributed by atoms with van der Waals surface area (Å²) in [5.41, 5.74) is -5.95. The van der Waals surface area contributed by atoms with Gasteiger partial charge in [0.15, 0.2) is 17.1 Å². The monoisotopic (exact) mass is 646 g/mol. The van der Waals surface area contributed by atoms with Gasteiger partial charge in [0.05, 0.1) is 23.7 Å². The molecule has 256 valence electrons. The third-order valence-electron chi connectivity index (χ3n) is 14.6. The van der Waals surface area contributed by atoms with Crippen LogP contribution in [0.1, 0.15) is 74.1 Å². The van der Waals surface area contributed by atoms with Crippen LogP contribution in [0, 0.1) is 46.3 Å². The predicted molar refractivity (Wildman–Crippen MR) is 161 cm³/mol. The Morgan fingerprint density at radius 3 is 2.28 bits per heavy atom. The second-order valence-electron chi connectivity index (χ2n) is 16.3. The Morgan fingerprint density at radius 1 is 1.02 bits per heavy atom. The number of hydrogen-bond donors (Lipinski definition) is 3. The second-order valence-corrected chi connectivity index (χ2v) is 16.3. The SMILES string of the molecule is CN[C@@]12C[C@H](C)C3C([C@H](OC(C)=O)[C@H](OC(C)=O)C[C@H]1[C@H](C)[C@H]1N(C)[C@]14OC(=O)[C@@](C)(O)[C@]24C)[C@@]1(C)C[C@H]2O[C@H]2C[C@@H]1C(=O)[C@@H]3O. The molecule has 1 spiro atoms. The molecule has 0 aromatic heterocycles. The van der Waals surface area contributed by atoms with E-state index in [0.717, 1.165) is 0 Å². The largest absolute Gasteiger partial charge is 0.459 e. The minimum atomic E-state index is -1.91. The molecule has 4 saturated carbocycles. The van der Waals surface area contributed by atoms with Crippen molar-refractivity contribution in [3.05, 3.63) is 0 Å². The zero-order valence-corrected chi connectivity index (χ0v) is 28.4. The molecule has 3 aliphatic heterocycles. The third kappa shape index (κ3) is 3.63. The first-order valence-electron chi connectivity index (χ1n) is 16.9. The third-order valence-corrected chi connectivity index (χ3v) is 14.6. The number of esters is 3. The van der Waals surface area contributed by atoms with Crippen molar-refractivity contribution < 1.29 is 48.3 Å². The molecule has 12 nitrogen and oxygen atoms in total. The van der Waals surface area contributed by atoms with Crippen molar-refractivity contribution in [1.82, 2.24) is 10.2 Å². The molecule has 4 aliphatic carbocycles. The lowest BCUT2D eigenvalue weighted by Crippen LogP contribution is -2.76. The van der Waals surface area contributed by atoms with Gasteiger partial charge in [-0.1, -0.05) is 20.8 Å². The van der Waals surface area contributed by atoms with E-state index in [1.807, 2.05) is 39.8 Å². The molecular formula is C34H50N2O10. The summed E-state index contributed by atoms with van der Waals surface area (Å²) in [6.07, 6.45) is -1.66. The number of aliphatic hydroxyl groups is 2. The molecule has 3 saturated heterocycles. The summed E-state index contributed by atoms with van der Waals surface area (Å²) < 4.78 is 24.5. The fourth-order valence-corrected chi connectivity index (χ4v) is 12.6. The maximum absolute atomic E-state index is 14.2. The Morgan fingerprint density at radius 2 is 1.67 bits per heavy atom. The summed E-state index contributed by atoms with van der Waals surface area (Å²) in [6.45, 7) is 12.2. The lowest BCUT2D eigenvalue weighted by molar-refractivity contribution is -0.202. The number of likely N-dealkylation sites (tertiary alicyclic amines) is 1. The van der Waals surface area contributed by atoms with Crippen LogP contribution in [0.4, 0.5) is 0 Å². The molecule has 7 rings (SSSR count). The maximum Gasteiger partial charge on any atom is 0.340 e. The minimum absolute atomic E-state index is 0.0255. The number of carbonyl (C=O) groups is 4. The average Bonchev–Trinajstić information content (AvgIpc) is 3.84. The van der Waals surface area contributed by atoms with Crippen molar-refractivity contribution in [3.8, 4) is 0 Å². The summed E-state index contributed by atoms with van der Waals surface area (Å²) in [7, 11) is 3.71. The summed E-state index contributed by atoms with van der Waals surface area (Å²) in [5, 5.41) is 27.8. The number of rotatable bonds is 3. The molecule has 7 fully saturated rings. The van der Waals surface area contributed by atoms with Crippen LogP contribution in [0.15, 0.2) is 0 Å². The van der Waals surface area contributed by atoms with E-state index in [4.69, 9.17) is 18.9 Å². The quantitative estimate of drug-likeness (QED) is 0.228. The van der Waals surface area contributed by atoms with Gasteiger partial charge in [0, 0.05) is 37.1 Å². The molecule has 3 heterocycles. The molecule has 46 heavy (non-hydrogen) atoms. The molecule has 3 N–H and O–H groups in total. The van der Waals surface area contributed by atoms with Gasteiger partial charge in [0.1, 0.15) is 18.3 Å². The molecule has 7 aliphatic rings. The van der Waals surface area contributed by atoms with E-state index in [-0.39, 0.29) is 48.2 Å². The number of nitrogens with zero attached hydrogens (tertiary/aromatic N) is 1. The number of fused-ring (bicyclic) bond motifs is 6. The lowest BCUT2D eigenvalue weighted by atomic mass is 9.45. The van der Waals surface area contributed by atoms with Crippen molar-refractivity contribution in [2.75, 3.05) is 14.1 Å². The fourth-order valence-electron chi connectivity index (χ4n) is 12.6. The smallest absolute Gasteiger partial charge is 0.340 e. The Balaban J connectivity index is 1.47. The number of ketones is 1. The summed E-state index contributed by atoms with van der Waals surface area (Å²) in [4.78, 5) is 55.6. The van der Waals surface area contributed by atoms with Crippen LogP contribution < -0.4 is 5.32 Å². The Hall–Kier alpha value is -2.12. The van der Waals surface area contributed by atoms with E-state index >= 15 is 0 Å². The van der Waals surface area contributed by atoms with Crippen molar-refractivity contribution in [2.24, 2.45) is 46.3 Å². The number of likely N-dealkylation sites (N-methyl/N-ethyl adjacent to an activating group) is 1. The van der Waals surface area contributed by atoms with Gasteiger partial charge >= 0.3 is 17.9 Å². The number of nitrogens with one attached hydrogen (secondary N) is 1. The zero-order valence-electron chi connectivity index (χ0n) is 28.4. The lowest BCUT2D eigenvalue weighted by Gasteiger charge is -2.61. The van der Waals surface area contributed by atoms with E-state index < -0.39 is 81.7 Å². The normalized spacial score (nSPS) is 58.2. The van der Waals surface area contributed by atoms with Gasteiger partial charge in [-0.25, -0.2) is 4.79 Å². The minimum Gasteiger partial charge on any atom is -0.459 e. The van der Waals surface area contributed by atoms with Gasteiger partial charge in [-0.3, -0.25) is 19.3 Å². The molecule has 0 amide bonds. The summed E-state index contributed by atoms with van der Waals surface area (Å²) in [5.74, 6) is -4.60. The van der Waals surface area contributed by atoms with Crippen LogP contribution >= 0.6 is 0 Å². The van der Waals surface area contributed by atoms with Gasteiger partial charge in [-0.05, 0) is 76.8 Å². The molecule has 0 radical (unpaired) electrons. The van der Waals surface area contributed by atoms with E-state index in [2.05, 4.69) is 12.2 Å². The number of aliphatic hydroxyl groups excluding tert-OH is 1. The van der Waals surface area contributed by atoms with E-state index in [9.17, 15) is 29.4 Å². The van der Waals surface area contributed by atoms with Gasteiger partial charge < -0.3 is 34.5 Å². The summed E-state index contributed by atoms with van der Waals surface area (Å²) >= 11 is 0. The highest BCUT2D eigenvalue weighted by Gasteiger charge is 2.92. The molecule has 0 aromatic rings. The molecular weight excluding hydrogens is 596 g/mol. The summed E-state index contributed by atoms with van der Waals surface area (Å²) in [6, 6.07) is -0.221. The number of epoxide rings is 1. The van der Waals surface area contributed by atoms with Gasteiger partial charge in [0.25, 0.3) is 0 Å². The first-order chi connectivity index (χ1) is 21.4. The first-order valence-corrected chi connectivity index (χ1v) is 16.9. The Bertz CT molecular complexity index is 1390. The Kier molecular flexibility index (Phi) is 6.87. The predicted octanol–water partition coefficient (Wildman–Crippen LogP) is 1.19. The number of ether oxygens (including phenoxy) is 4. The van der Waals surface area contributed by atoms with Crippen LogP contribution in [0.5, 0.6) is 0 Å². The fraction of sp³-hybridized carbons (Fsp3) is 0.882. The van der Waals surface area contributed by atoms with Crippen molar-refractivity contribution in [2.45, 2.75) is 128 Å². The highest BCUT2D eigenvalue weighted by atomic mass is 16.6. The molecule has 0 bridgehead atoms. The highest BCUT2D eigenvalue weighted by molar-refractivity contribution is 5.88. The zero-order chi connectivity index (χ0) is 33.7. The van der Waals surface area contributed by atoms with Crippen LogP contribution in [-0.2, 0) is 38.1 Å². The van der Waals surface area contributed by atoms with E-state index in [1.165, 1.54) is 20.8 Å². The van der Waals surface area contributed by atoms with Crippen LogP contribution in [0.2, 0.25) is 0 Å². The average molecular weight is 647 g/mol. The van der Waals surface area contributed by atoms with E-state index in [0.29, 0.717) is 19.3 Å². The molecule has 12 heteroatoms. The number of Topliss-reactive ketones (excluding diaryl/α,β-unsaturated/α-hetero) is 1. The van der Waals surface area contributed by atoms with Crippen molar-refractivity contribution >= 4 is 23.7 Å². The van der Waals surface area contributed by atoms with Crippen molar-refractivity contribution in [1.29, 1.82) is 0 Å². The van der Waals surface area contributed by atoms with Gasteiger partial charge in [0.2, 0.25) is 0 Å². The maximum atomic E-state index is 14.2. The van der Waals surface area contributed by atoms with Gasteiger partial charge in [-0.2, -0.15) is 0 Å². The number of carbonyl (C=O) groups excluding carboxylic acids is 4. The molecule has 0 aromatic carbocycles. The van der Waals surface area contributed by atoms with Crippen molar-refractivity contribution in [3.63, 3.8) is 0 Å². The highest BCUT2D eigenvalue weighted by Crippen LogP contribution is 2.75. The van der Waals surface area contributed by atoms with E-state index in [1.54, 1.807) is 0 Å². The second kappa shape index (κ2) is 9.74.